The largest absolute Gasteiger partial charge is 0.357 e. The second kappa shape index (κ2) is 5.83. The number of hydrogen-bond acceptors (Lipinski definition) is 6. The highest BCUT2D eigenvalue weighted by Gasteiger charge is 2.10. The monoisotopic (exact) mass is 279 g/mol. The zero-order valence-corrected chi connectivity index (χ0v) is 11.7. The summed E-state index contributed by atoms with van der Waals surface area (Å²) in [5, 5.41) is 3.32. The lowest BCUT2D eigenvalue weighted by atomic mass is 10.4. The van der Waals surface area contributed by atoms with Crippen molar-refractivity contribution in [1.29, 1.82) is 0 Å². The summed E-state index contributed by atoms with van der Waals surface area (Å²) in [5.41, 5.74) is 0. The molecule has 1 aromatic heterocycles. The molecule has 0 saturated heterocycles. The molecule has 0 atom stereocenters. The van der Waals surface area contributed by atoms with Crippen LogP contribution >= 0.6 is 11.8 Å². The van der Waals surface area contributed by atoms with Crippen LogP contribution < -0.4 is 10.2 Å². The van der Waals surface area contributed by atoms with Crippen molar-refractivity contribution in [3.8, 4) is 0 Å². The van der Waals surface area contributed by atoms with Crippen LogP contribution in [0.1, 0.15) is 0 Å². The molecule has 100 valence electrons. The molecule has 0 aliphatic heterocycles. The van der Waals surface area contributed by atoms with Crippen LogP contribution in [0.5, 0.6) is 0 Å². The van der Waals surface area contributed by atoms with Crippen molar-refractivity contribution in [3.63, 3.8) is 0 Å². The molecule has 0 amide bonds. The van der Waals surface area contributed by atoms with E-state index in [1.807, 2.05) is 14.1 Å². The van der Waals surface area contributed by atoms with Gasteiger partial charge in [-0.05, 0) is 23.9 Å². The van der Waals surface area contributed by atoms with Crippen molar-refractivity contribution in [2.45, 2.75) is 10.1 Å². The molecule has 2 rings (SSSR count). The maximum Gasteiger partial charge on any atom is 0.230 e. The first kappa shape index (κ1) is 13.5. The van der Waals surface area contributed by atoms with Crippen LogP contribution in [0.15, 0.2) is 34.3 Å². The van der Waals surface area contributed by atoms with Gasteiger partial charge in [-0.2, -0.15) is 15.0 Å². The maximum absolute atomic E-state index is 13.6. The lowest BCUT2D eigenvalue weighted by molar-refractivity contribution is 0.601. The van der Waals surface area contributed by atoms with Gasteiger partial charge in [0.25, 0.3) is 0 Å². The van der Waals surface area contributed by atoms with Crippen LogP contribution in [-0.4, -0.2) is 36.1 Å². The van der Waals surface area contributed by atoms with Crippen molar-refractivity contribution >= 4 is 23.7 Å². The van der Waals surface area contributed by atoms with Crippen LogP contribution in [-0.2, 0) is 0 Å². The quantitative estimate of drug-likeness (QED) is 0.926. The van der Waals surface area contributed by atoms with E-state index in [4.69, 9.17) is 0 Å². The Bertz CT molecular complexity index is 576. The molecule has 1 heterocycles. The van der Waals surface area contributed by atoms with Gasteiger partial charge in [0, 0.05) is 21.1 Å². The van der Waals surface area contributed by atoms with E-state index in [2.05, 4.69) is 20.3 Å². The summed E-state index contributed by atoms with van der Waals surface area (Å²) in [6.07, 6.45) is 0. The van der Waals surface area contributed by atoms with Gasteiger partial charge in [0.1, 0.15) is 5.82 Å². The highest BCUT2D eigenvalue weighted by molar-refractivity contribution is 7.99. The zero-order valence-electron chi connectivity index (χ0n) is 10.9. The summed E-state index contributed by atoms with van der Waals surface area (Å²) in [6.45, 7) is 0. The van der Waals surface area contributed by atoms with Gasteiger partial charge in [-0.15, -0.1) is 0 Å². The van der Waals surface area contributed by atoms with Crippen molar-refractivity contribution in [3.05, 3.63) is 30.1 Å². The zero-order chi connectivity index (χ0) is 13.8. The minimum Gasteiger partial charge on any atom is -0.357 e. The van der Waals surface area contributed by atoms with Gasteiger partial charge in [-0.3, -0.25) is 0 Å². The Morgan fingerprint density at radius 2 is 1.89 bits per heavy atom. The summed E-state index contributed by atoms with van der Waals surface area (Å²) < 4.78 is 13.6. The molecular weight excluding hydrogens is 265 g/mol. The SMILES string of the molecule is CNc1nc(Sc2ccccc2F)nc(N(C)C)n1. The molecule has 0 aliphatic carbocycles. The second-order valence-electron chi connectivity index (χ2n) is 3.92. The Kier molecular flexibility index (Phi) is 4.16. The molecule has 5 nitrogen and oxygen atoms in total. The highest BCUT2D eigenvalue weighted by Crippen LogP contribution is 2.28. The van der Waals surface area contributed by atoms with Crippen LogP contribution in [0.4, 0.5) is 16.3 Å². The Labute approximate surface area is 115 Å². The topological polar surface area (TPSA) is 53.9 Å². The van der Waals surface area contributed by atoms with E-state index in [1.54, 1.807) is 30.1 Å². The molecule has 1 N–H and O–H groups in total. The predicted octanol–water partition coefficient (Wildman–Crippen LogP) is 2.27. The Morgan fingerprint density at radius 3 is 2.53 bits per heavy atom. The van der Waals surface area contributed by atoms with Crippen molar-refractivity contribution in [2.75, 3.05) is 31.4 Å². The highest BCUT2D eigenvalue weighted by atomic mass is 32.2. The third kappa shape index (κ3) is 3.31. The van der Waals surface area contributed by atoms with E-state index < -0.39 is 0 Å². The third-order valence-corrected chi connectivity index (χ3v) is 3.18. The van der Waals surface area contributed by atoms with Gasteiger partial charge in [0.05, 0.1) is 4.90 Å². The number of nitrogens with zero attached hydrogens (tertiary/aromatic N) is 4. The number of rotatable bonds is 4. The molecule has 0 radical (unpaired) electrons. The molecule has 0 spiro atoms. The Morgan fingerprint density at radius 1 is 1.16 bits per heavy atom. The first-order valence-corrected chi connectivity index (χ1v) is 6.45. The van der Waals surface area contributed by atoms with E-state index in [0.29, 0.717) is 21.9 Å². The smallest absolute Gasteiger partial charge is 0.230 e. The van der Waals surface area contributed by atoms with E-state index >= 15 is 0 Å². The van der Waals surface area contributed by atoms with Gasteiger partial charge in [-0.25, -0.2) is 4.39 Å². The summed E-state index contributed by atoms with van der Waals surface area (Å²) in [7, 11) is 5.41. The first-order chi connectivity index (χ1) is 9.10. The van der Waals surface area contributed by atoms with E-state index in [-0.39, 0.29) is 5.82 Å². The van der Waals surface area contributed by atoms with Crippen LogP contribution in [0.25, 0.3) is 0 Å². The number of anilines is 2. The molecule has 0 fully saturated rings. The van der Waals surface area contributed by atoms with E-state index in [1.165, 1.54) is 17.8 Å². The number of nitrogens with one attached hydrogen (secondary N) is 1. The molecule has 0 aliphatic rings. The van der Waals surface area contributed by atoms with E-state index in [0.717, 1.165) is 0 Å². The lowest BCUT2D eigenvalue weighted by Gasteiger charge is -2.12. The molecule has 0 saturated carbocycles. The third-order valence-electron chi connectivity index (χ3n) is 2.26. The van der Waals surface area contributed by atoms with Gasteiger partial charge in [0.2, 0.25) is 11.9 Å². The van der Waals surface area contributed by atoms with Gasteiger partial charge in [0.15, 0.2) is 5.16 Å². The number of benzene rings is 1. The average Bonchev–Trinajstić information content (AvgIpc) is 2.41. The molecular formula is C12H14FN5S. The second-order valence-corrected chi connectivity index (χ2v) is 4.93. The fourth-order valence-corrected chi connectivity index (χ4v) is 2.10. The number of aromatic nitrogens is 3. The molecule has 7 heteroatoms. The summed E-state index contributed by atoms with van der Waals surface area (Å²) >= 11 is 1.17. The molecule has 1 aromatic carbocycles. The average molecular weight is 279 g/mol. The van der Waals surface area contributed by atoms with Gasteiger partial charge >= 0.3 is 0 Å². The number of hydrogen-bond donors (Lipinski definition) is 1. The molecule has 2 aromatic rings. The minimum atomic E-state index is -0.287. The van der Waals surface area contributed by atoms with Gasteiger partial charge < -0.3 is 10.2 Å². The summed E-state index contributed by atoms with van der Waals surface area (Å²) in [4.78, 5) is 14.9. The summed E-state index contributed by atoms with van der Waals surface area (Å²) in [5.74, 6) is 0.695. The fourth-order valence-electron chi connectivity index (χ4n) is 1.33. The van der Waals surface area contributed by atoms with Gasteiger partial charge in [-0.1, -0.05) is 12.1 Å². The molecule has 19 heavy (non-hydrogen) atoms. The van der Waals surface area contributed by atoms with Crippen LogP contribution in [0, 0.1) is 5.82 Å². The predicted molar refractivity (Wildman–Crippen MR) is 74.2 cm³/mol. The normalized spacial score (nSPS) is 10.3. The molecule has 0 bridgehead atoms. The lowest BCUT2D eigenvalue weighted by Crippen LogP contribution is -2.15. The minimum absolute atomic E-state index is 0.287. The molecule has 0 unspecified atom stereocenters. The van der Waals surface area contributed by atoms with Crippen molar-refractivity contribution < 1.29 is 4.39 Å². The standard InChI is InChI=1S/C12H14FN5S/c1-14-10-15-11(18(2)3)17-12(16-10)19-9-7-5-4-6-8(9)13/h4-7H,1-3H3,(H,14,15,16,17). The summed E-state index contributed by atoms with van der Waals surface area (Å²) in [6, 6.07) is 6.53. The Balaban J connectivity index is 2.34. The van der Waals surface area contributed by atoms with Crippen molar-refractivity contribution in [2.24, 2.45) is 0 Å². The van der Waals surface area contributed by atoms with Crippen molar-refractivity contribution in [1.82, 2.24) is 15.0 Å². The fraction of sp³-hybridized carbons (Fsp3) is 0.250. The van der Waals surface area contributed by atoms with Crippen LogP contribution in [0.3, 0.4) is 0 Å². The first-order valence-electron chi connectivity index (χ1n) is 5.63. The number of halogens is 1. The van der Waals surface area contributed by atoms with E-state index in [9.17, 15) is 4.39 Å². The maximum atomic E-state index is 13.6. The van der Waals surface area contributed by atoms with Crippen LogP contribution in [0.2, 0.25) is 0 Å². The Hall–Kier alpha value is -1.89.